The topological polar surface area (TPSA) is 82.6 Å². The van der Waals surface area contributed by atoms with E-state index in [1.54, 1.807) is 12.1 Å². The van der Waals surface area contributed by atoms with Gasteiger partial charge in [0.15, 0.2) is 5.96 Å². The SMILES string of the molecule is CN=C(NCCC(F)(F)F)NCc1ccc(S(=O)(=O)NC2CC2)cc1. The number of hydrogen-bond acceptors (Lipinski definition) is 3. The lowest BCUT2D eigenvalue weighted by atomic mass is 10.2. The summed E-state index contributed by atoms with van der Waals surface area (Å²) in [6, 6.07) is 6.34. The molecule has 0 amide bonds. The van der Waals surface area contributed by atoms with Crippen molar-refractivity contribution in [3.05, 3.63) is 29.8 Å². The number of hydrogen-bond donors (Lipinski definition) is 3. The van der Waals surface area contributed by atoms with Crippen molar-refractivity contribution in [2.24, 2.45) is 4.99 Å². The lowest BCUT2D eigenvalue weighted by Crippen LogP contribution is -2.38. The third-order valence-electron chi connectivity index (χ3n) is 3.52. The second-order valence-electron chi connectivity index (χ2n) is 5.76. The van der Waals surface area contributed by atoms with Crippen LogP contribution in [0, 0.1) is 0 Å². The fraction of sp³-hybridized carbons (Fsp3) is 0.533. The molecule has 1 aromatic rings. The Morgan fingerprint density at radius 3 is 2.36 bits per heavy atom. The molecule has 0 bridgehead atoms. The van der Waals surface area contributed by atoms with E-state index in [-0.39, 0.29) is 23.4 Å². The van der Waals surface area contributed by atoms with E-state index in [2.05, 4.69) is 20.3 Å². The van der Waals surface area contributed by atoms with E-state index in [4.69, 9.17) is 0 Å². The Hall–Kier alpha value is -1.81. The van der Waals surface area contributed by atoms with Crippen LogP contribution in [0.1, 0.15) is 24.8 Å². The molecule has 0 unspecified atom stereocenters. The van der Waals surface area contributed by atoms with Crippen LogP contribution in [-0.4, -0.2) is 40.2 Å². The number of benzene rings is 1. The molecule has 10 heteroatoms. The number of halogens is 3. The first-order chi connectivity index (χ1) is 11.7. The van der Waals surface area contributed by atoms with E-state index in [9.17, 15) is 21.6 Å². The zero-order valence-corrected chi connectivity index (χ0v) is 14.5. The highest BCUT2D eigenvalue weighted by atomic mass is 32.2. The van der Waals surface area contributed by atoms with Gasteiger partial charge in [0.2, 0.25) is 10.0 Å². The Kier molecular flexibility index (Phi) is 6.28. The van der Waals surface area contributed by atoms with Gasteiger partial charge in [-0.2, -0.15) is 13.2 Å². The highest BCUT2D eigenvalue weighted by Gasteiger charge is 2.28. The zero-order chi connectivity index (χ0) is 18.5. The Morgan fingerprint density at radius 1 is 1.20 bits per heavy atom. The maximum atomic E-state index is 12.1. The van der Waals surface area contributed by atoms with Crippen LogP contribution in [0.5, 0.6) is 0 Å². The normalized spacial score (nSPS) is 15.9. The number of guanidine groups is 1. The van der Waals surface area contributed by atoms with Crippen LogP contribution in [0.25, 0.3) is 0 Å². The van der Waals surface area contributed by atoms with Crippen molar-refractivity contribution >= 4 is 16.0 Å². The largest absolute Gasteiger partial charge is 0.390 e. The third-order valence-corrected chi connectivity index (χ3v) is 5.05. The predicted molar refractivity (Wildman–Crippen MR) is 88.7 cm³/mol. The van der Waals surface area contributed by atoms with Gasteiger partial charge in [0.25, 0.3) is 0 Å². The number of alkyl halides is 3. The van der Waals surface area contributed by atoms with Crippen molar-refractivity contribution in [3.63, 3.8) is 0 Å². The molecule has 1 fully saturated rings. The lowest BCUT2D eigenvalue weighted by Gasteiger charge is -2.13. The third kappa shape index (κ3) is 6.91. The molecule has 0 spiro atoms. The number of nitrogens with zero attached hydrogens (tertiary/aromatic N) is 1. The predicted octanol–water partition coefficient (Wildman–Crippen LogP) is 1.74. The van der Waals surface area contributed by atoms with Gasteiger partial charge in [0.1, 0.15) is 0 Å². The molecule has 140 valence electrons. The van der Waals surface area contributed by atoms with Gasteiger partial charge in [0, 0.05) is 26.2 Å². The van der Waals surface area contributed by atoms with Gasteiger partial charge in [-0.25, -0.2) is 13.1 Å². The van der Waals surface area contributed by atoms with Crippen molar-refractivity contribution in [1.82, 2.24) is 15.4 Å². The molecular formula is C15H21F3N4O2S. The minimum Gasteiger partial charge on any atom is -0.356 e. The average Bonchev–Trinajstić information content (AvgIpc) is 3.33. The van der Waals surface area contributed by atoms with Crippen LogP contribution in [-0.2, 0) is 16.6 Å². The summed E-state index contributed by atoms with van der Waals surface area (Å²) in [6.45, 7) is 0.0370. The second kappa shape index (κ2) is 8.05. The summed E-state index contributed by atoms with van der Waals surface area (Å²) in [4.78, 5) is 4.03. The van der Waals surface area contributed by atoms with E-state index >= 15 is 0 Å². The van der Waals surface area contributed by atoms with E-state index in [0.29, 0.717) is 6.54 Å². The van der Waals surface area contributed by atoms with Crippen molar-refractivity contribution in [3.8, 4) is 0 Å². The Labute approximate surface area is 145 Å². The minimum atomic E-state index is -4.22. The molecule has 0 heterocycles. The van der Waals surface area contributed by atoms with Crippen molar-refractivity contribution < 1.29 is 21.6 Å². The Balaban J connectivity index is 1.83. The highest BCUT2D eigenvalue weighted by molar-refractivity contribution is 7.89. The molecule has 1 saturated carbocycles. The van der Waals surface area contributed by atoms with Gasteiger partial charge < -0.3 is 10.6 Å². The quantitative estimate of drug-likeness (QED) is 0.499. The molecule has 1 aromatic carbocycles. The summed E-state index contributed by atoms with van der Waals surface area (Å²) in [5.41, 5.74) is 0.782. The van der Waals surface area contributed by atoms with Crippen molar-refractivity contribution in [2.75, 3.05) is 13.6 Å². The Morgan fingerprint density at radius 2 is 1.84 bits per heavy atom. The van der Waals surface area contributed by atoms with E-state index in [0.717, 1.165) is 18.4 Å². The molecule has 0 aromatic heterocycles. The second-order valence-corrected chi connectivity index (χ2v) is 7.47. The van der Waals surface area contributed by atoms with Gasteiger partial charge in [-0.1, -0.05) is 12.1 Å². The Bertz CT molecular complexity index is 698. The van der Waals surface area contributed by atoms with Gasteiger partial charge in [0.05, 0.1) is 11.3 Å². The van der Waals surface area contributed by atoms with Gasteiger partial charge in [-0.05, 0) is 30.5 Å². The molecule has 0 atom stereocenters. The molecule has 6 nitrogen and oxygen atoms in total. The van der Waals surface area contributed by atoms with E-state index in [1.165, 1.54) is 19.2 Å². The van der Waals surface area contributed by atoms with Gasteiger partial charge in [-0.15, -0.1) is 0 Å². The van der Waals surface area contributed by atoms with E-state index < -0.39 is 22.6 Å². The number of rotatable bonds is 7. The fourth-order valence-electron chi connectivity index (χ4n) is 2.00. The summed E-state index contributed by atoms with van der Waals surface area (Å²) >= 11 is 0. The maximum absolute atomic E-state index is 12.1. The van der Waals surface area contributed by atoms with Crippen LogP contribution in [0.4, 0.5) is 13.2 Å². The van der Waals surface area contributed by atoms with Crippen LogP contribution < -0.4 is 15.4 Å². The molecule has 0 radical (unpaired) electrons. The molecule has 3 N–H and O–H groups in total. The monoisotopic (exact) mass is 378 g/mol. The molecular weight excluding hydrogens is 357 g/mol. The molecule has 1 aliphatic carbocycles. The molecule has 0 aliphatic heterocycles. The highest BCUT2D eigenvalue weighted by Crippen LogP contribution is 2.22. The smallest absolute Gasteiger partial charge is 0.356 e. The van der Waals surface area contributed by atoms with Crippen LogP contribution in [0.2, 0.25) is 0 Å². The van der Waals surface area contributed by atoms with Crippen LogP contribution in [0.3, 0.4) is 0 Å². The average molecular weight is 378 g/mol. The standard InChI is InChI=1S/C15H21F3N4O2S/c1-19-14(20-9-8-15(16,17)18)21-10-11-2-6-13(7-3-11)25(23,24)22-12-4-5-12/h2-3,6-7,12,22H,4-5,8-10H2,1H3,(H2,19,20,21). The molecule has 1 aliphatic rings. The zero-order valence-electron chi connectivity index (χ0n) is 13.7. The number of sulfonamides is 1. The van der Waals surface area contributed by atoms with Gasteiger partial charge >= 0.3 is 6.18 Å². The maximum Gasteiger partial charge on any atom is 0.390 e. The summed E-state index contributed by atoms with van der Waals surface area (Å²) in [5.74, 6) is 0.247. The molecule has 25 heavy (non-hydrogen) atoms. The first kappa shape index (κ1) is 19.5. The number of nitrogens with one attached hydrogen (secondary N) is 3. The summed E-state index contributed by atoms with van der Waals surface area (Å²) in [5, 5.41) is 5.45. The minimum absolute atomic E-state index is 0.0393. The lowest BCUT2D eigenvalue weighted by molar-refractivity contribution is -0.132. The first-order valence-electron chi connectivity index (χ1n) is 7.82. The summed E-state index contributed by atoms with van der Waals surface area (Å²) in [6.07, 6.45) is -3.45. The summed E-state index contributed by atoms with van der Waals surface area (Å²) < 4.78 is 63.1. The van der Waals surface area contributed by atoms with Gasteiger partial charge in [-0.3, -0.25) is 4.99 Å². The fourth-order valence-corrected chi connectivity index (χ4v) is 3.31. The van der Waals surface area contributed by atoms with Crippen molar-refractivity contribution in [1.29, 1.82) is 0 Å². The first-order valence-corrected chi connectivity index (χ1v) is 9.30. The van der Waals surface area contributed by atoms with E-state index in [1.807, 2.05) is 0 Å². The molecule has 0 saturated heterocycles. The summed E-state index contributed by atoms with van der Waals surface area (Å²) in [7, 11) is -2.03. The molecule has 2 rings (SSSR count). The number of aliphatic imine (C=N–C) groups is 1. The van der Waals surface area contributed by atoms with Crippen LogP contribution in [0.15, 0.2) is 34.2 Å². The van der Waals surface area contributed by atoms with Crippen molar-refractivity contribution in [2.45, 2.75) is 42.9 Å². The van der Waals surface area contributed by atoms with Crippen LogP contribution >= 0.6 is 0 Å².